The van der Waals surface area contributed by atoms with Gasteiger partial charge in [-0.3, -0.25) is 0 Å². The van der Waals surface area contributed by atoms with Crippen LogP contribution < -0.4 is 0 Å². The van der Waals surface area contributed by atoms with Crippen molar-refractivity contribution < 1.29 is 0 Å². The Morgan fingerprint density at radius 1 is 1.07 bits per heavy atom. The normalized spacial score (nSPS) is 10.1. The molecule has 76 valence electrons. The summed E-state index contributed by atoms with van der Waals surface area (Å²) in [6.07, 6.45) is 4.89. The third-order valence-electron chi connectivity index (χ3n) is 2.40. The van der Waals surface area contributed by atoms with Crippen LogP contribution in [0.2, 0.25) is 0 Å². The first-order chi connectivity index (χ1) is 6.83. The maximum Gasteiger partial charge on any atom is 0.0382 e. The lowest BCUT2D eigenvalue weighted by atomic mass is 10.1. The summed E-state index contributed by atoms with van der Waals surface area (Å²) in [4.78, 5) is 3.84. The monoisotopic (exact) mass is 189 g/mol. The molecule has 0 aliphatic heterocycles. The summed E-state index contributed by atoms with van der Waals surface area (Å²) < 4.78 is 0. The zero-order valence-corrected chi connectivity index (χ0v) is 9.00. The largest absolute Gasteiger partial charge is 0.301 e. The number of unbranched alkanes of at least 4 members (excludes halogenated alkanes) is 2. The van der Waals surface area contributed by atoms with Gasteiger partial charge in [0, 0.05) is 6.54 Å². The second-order valence-electron chi connectivity index (χ2n) is 3.74. The Balaban J connectivity index is 2.18. The van der Waals surface area contributed by atoms with Gasteiger partial charge in [0.05, 0.1) is 0 Å². The highest BCUT2D eigenvalue weighted by Gasteiger charge is 1.92. The van der Waals surface area contributed by atoms with Crippen molar-refractivity contribution in [3.63, 3.8) is 0 Å². The topological polar surface area (TPSA) is 12.4 Å². The van der Waals surface area contributed by atoms with E-state index in [1.54, 1.807) is 0 Å². The molecule has 1 aromatic rings. The number of aryl methyl sites for hydroxylation is 2. The van der Waals surface area contributed by atoms with Crippen molar-refractivity contribution in [2.75, 3.05) is 6.54 Å². The molecule has 0 amide bonds. The first kappa shape index (κ1) is 11.0. The van der Waals surface area contributed by atoms with Gasteiger partial charge in [0.25, 0.3) is 0 Å². The molecule has 0 aromatic heterocycles. The average Bonchev–Trinajstić information content (AvgIpc) is 2.21. The van der Waals surface area contributed by atoms with Crippen molar-refractivity contribution in [3.05, 3.63) is 35.4 Å². The molecule has 0 heterocycles. The molecule has 0 saturated carbocycles. The van der Waals surface area contributed by atoms with Crippen molar-refractivity contribution in [1.29, 1.82) is 0 Å². The molecule has 14 heavy (non-hydrogen) atoms. The second kappa shape index (κ2) is 6.36. The van der Waals surface area contributed by atoms with Crippen LogP contribution in [0.5, 0.6) is 0 Å². The highest BCUT2D eigenvalue weighted by molar-refractivity contribution is 5.23. The summed E-state index contributed by atoms with van der Waals surface area (Å²) in [5.41, 5.74) is 2.78. The summed E-state index contributed by atoms with van der Waals surface area (Å²) in [6.45, 7) is 6.51. The zero-order valence-electron chi connectivity index (χ0n) is 9.00. The summed E-state index contributed by atoms with van der Waals surface area (Å²) in [5, 5.41) is 0. The lowest BCUT2D eigenvalue weighted by molar-refractivity contribution is 0.688. The van der Waals surface area contributed by atoms with E-state index >= 15 is 0 Å². The number of nitrogens with zero attached hydrogens (tertiary/aromatic N) is 1. The Bertz CT molecular complexity index is 261. The SMILES string of the molecule is C=NCCCCCc1ccc(C)cc1. The van der Waals surface area contributed by atoms with Gasteiger partial charge in [0.1, 0.15) is 0 Å². The smallest absolute Gasteiger partial charge is 0.0382 e. The van der Waals surface area contributed by atoms with Crippen LogP contribution in [-0.4, -0.2) is 13.3 Å². The number of hydrogen-bond acceptors (Lipinski definition) is 1. The Morgan fingerprint density at radius 2 is 1.79 bits per heavy atom. The molecule has 0 saturated heterocycles. The minimum absolute atomic E-state index is 0.911. The van der Waals surface area contributed by atoms with Gasteiger partial charge in [-0.05, 0) is 38.5 Å². The lowest BCUT2D eigenvalue weighted by Gasteiger charge is -2.01. The second-order valence-corrected chi connectivity index (χ2v) is 3.74. The molecule has 0 radical (unpaired) electrons. The highest BCUT2D eigenvalue weighted by atomic mass is 14.7. The van der Waals surface area contributed by atoms with Crippen molar-refractivity contribution in [2.45, 2.75) is 32.6 Å². The average molecular weight is 189 g/mol. The van der Waals surface area contributed by atoms with Gasteiger partial charge in [0.15, 0.2) is 0 Å². The van der Waals surface area contributed by atoms with E-state index in [0.717, 1.165) is 6.54 Å². The first-order valence-electron chi connectivity index (χ1n) is 5.31. The molecule has 1 aromatic carbocycles. The van der Waals surface area contributed by atoms with Crippen molar-refractivity contribution in [1.82, 2.24) is 0 Å². The number of rotatable bonds is 6. The highest BCUT2D eigenvalue weighted by Crippen LogP contribution is 2.08. The molecule has 1 nitrogen and oxygen atoms in total. The van der Waals surface area contributed by atoms with Crippen molar-refractivity contribution >= 4 is 6.72 Å². The maximum atomic E-state index is 3.84. The van der Waals surface area contributed by atoms with Crippen LogP contribution >= 0.6 is 0 Å². The van der Waals surface area contributed by atoms with Crippen molar-refractivity contribution in [2.24, 2.45) is 4.99 Å². The third kappa shape index (κ3) is 4.22. The van der Waals surface area contributed by atoms with Crippen LogP contribution in [0.4, 0.5) is 0 Å². The summed E-state index contributed by atoms with van der Waals surface area (Å²) in [6, 6.07) is 8.81. The fourth-order valence-electron chi connectivity index (χ4n) is 1.48. The van der Waals surface area contributed by atoms with E-state index in [-0.39, 0.29) is 0 Å². The van der Waals surface area contributed by atoms with Crippen LogP contribution in [0.25, 0.3) is 0 Å². The first-order valence-corrected chi connectivity index (χ1v) is 5.31. The van der Waals surface area contributed by atoms with Gasteiger partial charge in [-0.15, -0.1) is 0 Å². The molecule has 1 heteroatoms. The van der Waals surface area contributed by atoms with Gasteiger partial charge >= 0.3 is 0 Å². The zero-order chi connectivity index (χ0) is 10.2. The fourth-order valence-corrected chi connectivity index (χ4v) is 1.48. The van der Waals surface area contributed by atoms with E-state index in [1.807, 2.05) is 0 Å². The van der Waals surface area contributed by atoms with E-state index in [9.17, 15) is 0 Å². The Hall–Kier alpha value is -1.11. The molecule has 0 aliphatic carbocycles. The molecular formula is C13H19N. The van der Waals surface area contributed by atoms with Gasteiger partial charge in [-0.25, -0.2) is 0 Å². The molecule has 0 unspecified atom stereocenters. The van der Waals surface area contributed by atoms with Gasteiger partial charge < -0.3 is 4.99 Å². The number of aliphatic imine (C=N–C) groups is 1. The quantitative estimate of drug-likeness (QED) is 0.480. The molecule has 0 fully saturated rings. The predicted molar refractivity (Wildman–Crippen MR) is 63.2 cm³/mol. The van der Waals surface area contributed by atoms with Crippen LogP contribution in [0.15, 0.2) is 29.3 Å². The minimum atomic E-state index is 0.911. The Morgan fingerprint density at radius 3 is 2.43 bits per heavy atom. The molecular weight excluding hydrogens is 170 g/mol. The molecule has 0 aliphatic rings. The van der Waals surface area contributed by atoms with Gasteiger partial charge in [-0.2, -0.15) is 0 Å². The molecule has 0 spiro atoms. The van der Waals surface area contributed by atoms with Crippen LogP contribution in [0.1, 0.15) is 30.4 Å². The van der Waals surface area contributed by atoms with E-state index < -0.39 is 0 Å². The lowest BCUT2D eigenvalue weighted by Crippen LogP contribution is -1.87. The Kier molecular flexibility index (Phi) is 4.98. The Labute approximate surface area is 86.9 Å². The van der Waals surface area contributed by atoms with Crippen molar-refractivity contribution in [3.8, 4) is 0 Å². The third-order valence-corrected chi connectivity index (χ3v) is 2.40. The molecule has 0 atom stereocenters. The number of hydrogen-bond donors (Lipinski definition) is 0. The van der Waals surface area contributed by atoms with Crippen LogP contribution in [0.3, 0.4) is 0 Å². The van der Waals surface area contributed by atoms with E-state index in [1.165, 1.54) is 36.8 Å². The van der Waals surface area contributed by atoms with E-state index in [0.29, 0.717) is 0 Å². The summed E-state index contributed by atoms with van der Waals surface area (Å²) >= 11 is 0. The van der Waals surface area contributed by atoms with E-state index in [4.69, 9.17) is 0 Å². The van der Waals surface area contributed by atoms with Gasteiger partial charge in [-0.1, -0.05) is 36.2 Å². The predicted octanol–water partition coefficient (Wildman–Crippen LogP) is 3.41. The molecule has 0 bridgehead atoms. The van der Waals surface area contributed by atoms with Gasteiger partial charge in [0.2, 0.25) is 0 Å². The maximum absolute atomic E-state index is 3.84. The van der Waals surface area contributed by atoms with Crippen LogP contribution in [0, 0.1) is 6.92 Å². The standard InChI is InChI=1S/C13H19N/c1-12-7-9-13(10-8-12)6-4-3-5-11-14-2/h7-10H,2-6,11H2,1H3. The van der Waals surface area contributed by atoms with E-state index in [2.05, 4.69) is 42.9 Å². The summed E-state index contributed by atoms with van der Waals surface area (Å²) in [5.74, 6) is 0. The molecule has 1 rings (SSSR count). The fraction of sp³-hybridized carbons (Fsp3) is 0.462. The number of benzene rings is 1. The minimum Gasteiger partial charge on any atom is -0.301 e. The molecule has 0 N–H and O–H groups in total. The van der Waals surface area contributed by atoms with Crippen LogP contribution in [-0.2, 0) is 6.42 Å². The summed E-state index contributed by atoms with van der Waals surface area (Å²) in [7, 11) is 0.